The van der Waals surface area contributed by atoms with Crippen LogP contribution in [-0.4, -0.2) is 29.8 Å². The summed E-state index contributed by atoms with van der Waals surface area (Å²) in [6, 6.07) is 0.795. The van der Waals surface area contributed by atoms with E-state index in [0.29, 0.717) is 0 Å². The molecule has 0 saturated carbocycles. The first-order chi connectivity index (χ1) is 6.17. The van der Waals surface area contributed by atoms with Crippen molar-refractivity contribution in [3.05, 3.63) is 0 Å². The van der Waals surface area contributed by atoms with Crippen LogP contribution in [-0.2, 0) is 0 Å². The van der Waals surface area contributed by atoms with Crippen molar-refractivity contribution in [2.75, 3.05) is 18.8 Å². The average molecular weight is 201 g/mol. The Kier molecular flexibility index (Phi) is 4.60. The fraction of sp³-hybridized carbons (Fsp3) is 1.00. The number of rotatable bonds is 4. The lowest BCUT2D eigenvalue weighted by Crippen LogP contribution is -2.32. The van der Waals surface area contributed by atoms with E-state index in [9.17, 15) is 0 Å². The van der Waals surface area contributed by atoms with Crippen LogP contribution in [0, 0.1) is 11.8 Å². The third kappa shape index (κ3) is 3.17. The maximum Gasteiger partial charge on any atom is 0.00701 e. The van der Waals surface area contributed by atoms with Gasteiger partial charge in [-0.1, -0.05) is 20.3 Å². The van der Waals surface area contributed by atoms with Crippen LogP contribution in [0.4, 0.5) is 0 Å². The Balaban J connectivity index is 2.35. The second-order valence-corrected chi connectivity index (χ2v) is 4.97. The largest absolute Gasteiger partial charge is 0.300 e. The predicted molar refractivity (Wildman–Crippen MR) is 62.5 cm³/mol. The van der Waals surface area contributed by atoms with Gasteiger partial charge in [-0.3, -0.25) is 0 Å². The van der Waals surface area contributed by atoms with E-state index < -0.39 is 0 Å². The molecule has 0 aromatic heterocycles. The molecule has 1 saturated heterocycles. The molecule has 1 aliphatic rings. The van der Waals surface area contributed by atoms with E-state index in [2.05, 4.69) is 38.3 Å². The Morgan fingerprint density at radius 3 is 2.54 bits per heavy atom. The highest BCUT2D eigenvalue weighted by molar-refractivity contribution is 7.80. The molecular formula is C11H23NS. The van der Waals surface area contributed by atoms with Crippen molar-refractivity contribution in [2.45, 2.75) is 39.7 Å². The fourth-order valence-electron chi connectivity index (χ4n) is 2.29. The number of nitrogens with zero attached hydrogens (tertiary/aromatic N) is 1. The molecule has 2 heteroatoms. The molecule has 78 valence electrons. The minimum atomic E-state index is 0.788. The molecule has 3 unspecified atom stereocenters. The van der Waals surface area contributed by atoms with Gasteiger partial charge < -0.3 is 4.90 Å². The number of hydrogen-bond donors (Lipinski definition) is 1. The van der Waals surface area contributed by atoms with E-state index in [1.54, 1.807) is 0 Å². The first-order valence-electron chi connectivity index (χ1n) is 5.52. The minimum Gasteiger partial charge on any atom is -0.300 e. The van der Waals surface area contributed by atoms with E-state index in [1.807, 2.05) is 0 Å². The van der Waals surface area contributed by atoms with Gasteiger partial charge in [0.2, 0.25) is 0 Å². The van der Waals surface area contributed by atoms with E-state index in [-0.39, 0.29) is 0 Å². The summed E-state index contributed by atoms with van der Waals surface area (Å²) in [6.45, 7) is 9.54. The van der Waals surface area contributed by atoms with Crippen LogP contribution in [0.15, 0.2) is 0 Å². The Bertz CT molecular complexity index is 145. The van der Waals surface area contributed by atoms with Crippen LogP contribution in [0.3, 0.4) is 0 Å². The molecule has 1 rings (SSSR count). The number of likely N-dealkylation sites (tertiary alicyclic amines) is 1. The molecule has 13 heavy (non-hydrogen) atoms. The maximum absolute atomic E-state index is 4.39. The molecule has 3 atom stereocenters. The predicted octanol–water partition coefficient (Wildman–Crippen LogP) is 2.67. The van der Waals surface area contributed by atoms with Gasteiger partial charge in [0, 0.05) is 19.1 Å². The van der Waals surface area contributed by atoms with Crippen LogP contribution in [0.5, 0.6) is 0 Å². The molecule has 1 heterocycles. The lowest BCUT2D eigenvalue weighted by atomic mass is 10.1. The zero-order valence-electron chi connectivity index (χ0n) is 9.16. The molecule has 0 aromatic carbocycles. The zero-order chi connectivity index (χ0) is 9.84. The number of thiol groups is 1. The lowest BCUT2D eigenvalue weighted by molar-refractivity contribution is 0.228. The highest BCUT2D eigenvalue weighted by Gasteiger charge is 2.26. The molecular weight excluding hydrogens is 178 g/mol. The van der Waals surface area contributed by atoms with Crippen LogP contribution in [0.1, 0.15) is 33.6 Å². The molecule has 0 aliphatic carbocycles. The first-order valence-corrected chi connectivity index (χ1v) is 6.15. The van der Waals surface area contributed by atoms with Crippen LogP contribution in [0.25, 0.3) is 0 Å². The standard InChI is InChI=1S/C11H23NS/c1-4-11(8-13)7-12-6-9(2)5-10(12)3/h9-11,13H,4-8H2,1-3H3. The topological polar surface area (TPSA) is 3.24 Å². The van der Waals surface area contributed by atoms with Crippen molar-refractivity contribution < 1.29 is 0 Å². The summed E-state index contributed by atoms with van der Waals surface area (Å²) in [7, 11) is 0. The summed E-state index contributed by atoms with van der Waals surface area (Å²) in [5, 5.41) is 0. The number of hydrogen-bond acceptors (Lipinski definition) is 2. The van der Waals surface area contributed by atoms with E-state index >= 15 is 0 Å². The fourth-order valence-corrected chi connectivity index (χ4v) is 2.66. The summed E-state index contributed by atoms with van der Waals surface area (Å²) in [5.74, 6) is 2.72. The SMILES string of the molecule is CCC(CS)CN1CC(C)CC1C. The molecule has 0 N–H and O–H groups in total. The van der Waals surface area contributed by atoms with Crippen molar-refractivity contribution in [3.63, 3.8) is 0 Å². The zero-order valence-corrected chi connectivity index (χ0v) is 10.1. The maximum atomic E-state index is 4.39. The molecule has 1 fully saturated rings. The van der Waals surface area contributed by atoms with Crippen LogP contribution in [0.2, 0.25) is 0 Å². The molecule has 0 radical (unpaired) electrons. The quantitative estimate of drug-likeness (QED) is 0.684. The van der Waals surface area contributed by atoms with E-state index in [0.717, 1.165) is 23.6 Å². The third-order valence-corrected chi connectivity index (χ3v) is 3.76. The van der Waals surface area contributed by atoms with Crippen molar-refractivity contribution in [1.29, 1.82) is 0 Å². The molecule has 0 spiro atoms. The Morgan fingerprint density at radius 2 is 2.15 bits per heavy atom. The molecule has 0 bridgehead atoms. The summed E-state index contributed by atoms with van der Waals surface area (Å²) >= 11 is 4.39. The lowest BCUT2D eigenvalue weighted by Gasteiger charge is -2.25. The van der Waals surface area contributed by atoms with Gasteiger partial charge in [-0.25, -0.2) is 0 Å². The monoisotopic (exact) mass is 201 g/mol. The van der Waals surface area contributed by atoms with Gasteiger partial charge in [0.15, 0.2) is 0 Å². The Labute approximate surface area is 88.3 Å². The first kappa shape index (κ1) is 11.4. The second-order valence-electron chi connectivity index (χ2n) is 4.60. The molecule has 1 aliphatic heterocycles. The third-order valence-electron chi connectivity index (χ3n) is 3.24. The normalized spacial score (nSPS) is 32.3. The second kappa shape index (κ2) is 5.26. The minimum absolute atomic E-state index is 0.788. The van der Waals surface area contributed by atoms with Crippen molar-refractivity contribution >= 4 is 12.6 Å². The molecule has 1 nitrogen and oxygen atoms in total. The van der Waals surface area contributed by atoms with Crippen LogP contribution < -0.4 is 0 Å². The van der Waals surface area contributed by atoms with Gasteiger partial charge in [-0.2, -0.15) is 12.6 Å². The van der Waals surface area contributed by atoms with Gasteiger partial charge in [-0.05, 0) is 30.9 Å². The summed E-state index contributed by atoms with van der Waals surface area (Å²) in [4.78, 5) is 2.63. The van der Waals surface area contributed by atoms with Crippen molar-refractivity contribution in [1.82, 2.24) is 4.90 Å². The highest BCUT2D eigenvalue weighted by atomic mass is 32.1. The van der Waals surface area contributed by atoms with Crippen molar-refractivity contribution in [2.24, 2.45) is 11.8 Å². The molecule has 0 aromatic rings. The summed E-state index contributed by atoms with van der Waals surface area (Å²) in [6.07, 6.45) is 2.64. The van der Waals surface area contributed by atoms with E-state index in [4.69, 9.17) is 0 Å². The Hall–Kier alpha value is 0.310. The molecule has 0 amide bonds. The Morgan fingerprint density at radius 1 is 1.46 bits per heavy atom. The highest BCUT2D eigenvalue weighted by Crippen LogP contribution is 2.23. The van der Waals surface area contributed by atoms with Gasteiger partial charge in [0.05, 0.1) is 0 Å². The van der Waals surface area contributed by atoms with E-state index in [1.165, 1.54) is 25.9 Å². The summed E-state index contributed by atoms with van der Waals surface area (Å²) in [5.41, 5.74) is 0. The van der Waals surface area contributed by atoms with Crippen LogP contribution >= 0.6 is 12.6 Å². The van der Waals surface area contributed by atoms with Gasteiger partial charge >= 0.3 is 0 Å². The van der Waals surface area contributed by atoms with Crippen molar-refractivity contribution in [3.8, 4) is 0 Å². The van der Waals surface area contributed by atoms with Gasteiger partial charge in [-0.15, -0.1) is 0 Å². The smallest absolute Gasteiger partial charge is 0.00701 e. The van der Waals surface area contributed by atoms with Gasteiger partial charge in [0.1, 0.15) is 0 Å². The van der Waals surface area contributed by atoms with Gasteiger partial charge in [0.25, 0.3) is 0 Å². The average Bonchev–Trinajstić information content (AvgIpc) is 2.41. The summed E-state index contributed by atoms with van der Waals surface area (Å²) < 4.78 is 0.